The lowest BCUT2D eigenvalue weighted by atomic mass is 10.1. The van der Waals surface area contributed by atoms with Gasteiger partial charge in [-0.1, -0.05) is 6.92 Å². The van der Waals surface area contributed by atoms with Crippen molar-refractivity contribution < 1.29 is 0 Å². The standard InChI is InChI=1S/C11H16N2O/c1-8(9-4-5-9)7-13-6-2-3-10(12)11(13)14/h2-3,6,8-9H,4-5,7,12H2,1H3. The van der Waals surface area contributed by atoms with E-state index in [0.29, 0.717) is 11.6 Å². The van der Waals surface area contributed by atoms with Crippen LogP contribution in [0.3, 0.4) is 0 Å². The largest absolute Gasteiger partial charge is 0.394 e. The van der Waals surface area contributed by atoms with Gasteiger partial charge >= 0.3 is 0 Å². The Hall–Kier alpha value is -1.25. The zero-order chi connectivity index (χ0) is 10.1. The van der Waals surface area contributed by atoms with Gasteiger partial charge in [0, 0.05) is 12.7 Å². The Labute approximate surface area is 83.5 Å². The summed E-state index contributed by atoms with van der Waals surface area (Å²) < 4.78 is 1.72. The molecule has 1 unspecified atom stereocenters. The fourth-order valence-corrected chi connectivity index (χ4v) is 1.82. The highest BCUT2D eigenvalue weighted by molar-refractivity contribution is 5.33. The van der Waals surface area contributed by atoms with Gasteiger partial charge in [0.15, 0.2) is 0 Å². The second-order valence-electron chi connectivity index (χ2n) is 4.24. The molecule has 0 spiro atoms. The quantitative estimate of drug-likeness (QED) is 0.788. The zero-order valence-corrected chi connectivity index (χ0v) is 8.44. The van der Waals surface area contributed by atoms with Crippen molar-refractivity contribution in [1.82, 2.24) is 4.57 Å². The molecule has 1 heterocycles. The third-order valence-corrected chi connectivity index (χ3v) is 2.96. The molecule has 0 bridgehead atoms. The molecule has 1 saturated carbocycles. The lowest BCUT2D eigenvalue weighted by Crippen LogP contribution is -2.25. The summed E-state index contributed by atoms with van der Waals surface area (Å²) in [5.41, 5.74) is 5.84. The van der Waals surface area contributed by atoms with Gasteiger partial charge in [-0.15, -0.1) is 0 Å². The van der Waals surface area contributed by atoms with E-state index in [-0.39, 0.29) is 5.56 Å². The highest BCUT2D eigenvalue weighted by Gasteiger charge is 2.28. The van der Waals surface area contributed by atoms with Crippen LogP contribution in [-0.4, -0.2) is 4.57 Å². The van der Waals surface area contributed by atoms with E-state index in [1.54, 1.807) is 10.6 Å². The van der Waals surface area contributed by atoms with E-state index in [9.17, 15) is 4.79 Å². The minimum Gasteiger partial charge on any atom is -0.394 e. The molecule has 14 heavy (non-hydrogen) atoms. The number of nitrogens with two attached hydrogens (primary N) is 1. The Kier molecular flexibility index (Phi) is 2.32. The molecule has 0 saturated heterocycles. The first kappa shape index (κ1) is 9.31. The minimum atomic E-state index is -0.0556. The van der Waals surface area contributed by atoms with Crippen molar-refractivity contribution in [3.05, 3.63) is 28.7 Å². The molecule has 2 rings (SSSR count). The van der Waals surface area contributed by atoms with E-state index < -0.39 is 0 Å². The number of aromatic nitrogens is 1. The molecule has 1 fully saturated rings. The van der Waals surface area contributed by atoms with Gasteiger partial charge in [0.2, 0.25) is 0 Å². The Morgan fingerprint density at radius 2 is 2.36 bits per heavy atom. The molecule has 3 heteroatoms. The second-order valence-corrected chi connectivity index (χ2v) is 4.24. The van der Waals surface area contributed by atoms with E-state index in [4.69, 9.17) is 5.73 Å². The average molecular weight is 192 g/mol. The molecule has 3 nitrogen and oxygen atoms in total. The van der Waals surface area contributed by atoms with E-state index in [2.05, 4.69) is 6.92 Å². The number of nitrogen functional groups attached to an aromatic ring is 1. The molecule has 0 aliphatic heterocycles. The molecular formula is C11H16N2O. The third-order valence-electron chi connectivity index (χ3n) is 2.96. The van der Waals surface area contributed by atoms with Crippen LogP contribution in [0.15, 0.2) is 23.1 Å². The number of hydrogen-bond donors (Lipinski definition) is 1. The van der Waals surface area contributed by atoms with Gasteiger partial charge in [0.1, 0.15) is 0 Å². The van der Waals surface area contributed by atoms with Crippen molar-refractivity contribution >= 4 is 5.69 Å². The van der Waals surface area contributed by atoms with Crippen molar-refractivity contribution in [3.63, 3.8) is 0 Å². The van der Waals surface area contributed by atoms with Gasteiger partial charge < -0.3 is 10.3 Å². The van der Waals surface area contributed by atoms with Gasteiger partial charge in [-0.25, -0.2) is 0 Å². The van der Waals surface area contributed by atoms with Crippen molar-refractivity contribution in [1.29, 1.82) is 0 Å². The van der Waals surface area contributed by atoms with Crippen LogP contribution in [0.1, 0.15) is 19.8 Å². The molecule has 2 N–H and O–H groups in total. The highest BCUT2D eigenvalue weighted by Crippen LogP contribution is 2.37. The van der Waals surface area contributed by atoms with Crippen LogP contribution in [0, 0.1) is 11.8 Å². The smallest absolute Gasteiger partial charge is 0.273 e. The normalized spacial score (nSPS) is 18.1. The predicted molar refractivity (Wildman–Crippen MR) is 57.0 cm³/mol. The molecule has 76 valence electrons. The molecule has 0 radical (unpaired) electrons. The van der Waals surface area contributed by atoms with Crippen LogP contribution in [0.5, 0.6) is 0 Å². The van der Waals surface area contributed by atoms with E-state index in [1.165, 1.54) is 12.8 Å². The Morgan fingerprint density at radius 3 is 3.00 bits per heavy atom. The van der Waals surface area contributed by atoms with Gasteiger partial charge in [0.25, 0.3) is 5.56 Å². The van der Waals surface area contributed by atoms with Crippen LogP contribution in [0.25, 0.3) is 0 Å². The predicted octanol–water partition coefficient (Wildman–Crippen LogP) is 1.48. The van der Waals surface area contributed by atoms with E-state index >= 15 is 0 Å². The molecule has 0 aromatic carbocycles. The van der Waals surface area contributed by atoms with Crippen molar-refractivity contribution in [3.8, 4) is 0 Å². The topological polar surface area (TPSA) is 48.0 Å². The van der Waals surface area contributed by atoms with Crippen LogP contribution in [0.4, 0.5) is 5.69 Å². The molecule has 1 atom stereocenters. The summed E-state index contributed by atoms with van der Waals surface area (Å²) in [6.07, 6.45) is 4.45. The molecule has 1 aliphatic rings. The SMILES string of the molecule is CC(Cn1cccc(N)c1=O)C1CC1. The summed E-state index contributed by atoms with van der Waals surface area (Å²) in [7, 11) is 0. The summed E-state index contributed by atoms with van der Waals surface area (Å²) >= 11 is 0. The molecule has 1 aromatic heterocycles. The Bertz CT molecular complexity index is 379. The highest BCUT2D eigenvalue weighted by atomic mass is 16.1. The molecule has 1 aliphatic carbocycles. The lowest BCUT2D eigenvalue weighted by Gasteiger charge is -2.12. The van der Waals surface area contributed by atoms with Gasteiger partial charge in [0.05, 0.1) is 5.69 Å². The second kappa shape index (κ2) is 3.48. The number of pyridine rings is 1. The number of nitrogens with zero attached hydrogens (tertiary/aromatic N) is 1. The first-order valence-corrected chi connectivity index (χ1v) is 5.13. The van der Waals surface area contributed by atoms with Gasteiger partial charge in [-0.2, -0.15) is 0 Å². The first-order valence-electron chi connectivity index (χ1n) is 5.13. The summed E-state index contributed by atoms with van der Waals surface area (Å²) in [5.74, 6) is 1.41. The first-order chi connectivity index (χ1) is 6.68. The Balaban J connectivity index is 2.15. The summed E-state index contributed by atoms with van der Waals surface area (Å²) in [6.45, 7) is 3.00. The summed E-state index contributed by atoms with van der Waals surface area (Å²) in [4.78, 5) is 11.6. The maximum atomic E-state index is 11.6. The summed E-state index contributed by atoms with van der Waals surface area (Å²) in [6, 6.07) is 3.48. The lowest BCUT2D eigenvalue weighted by molar-refractivity contribution is 0.424. The van der Waals surface area contributed by atoms with Crippen LogP contribution < -0.4 is 11.3 Å². The fourth-order valence-electron chi connectivity index (χ4n) is 1.82. The minimum absolute atomic E-state index is 0.0556. The van der Waals surface area contributed by atoms with Crippen molar-refractivity contribution in [2.24, 2.45) is 11.8 Å². The number of anilines is 1. The van der Waals surface area contributed by atoms with Crippen molar-refractivity contribution in [2.75, 3.05) is 5.73 Å². The van der Waals surface area contributed by atoms with Gasteiger partial charge in [-0.3, -0.25) is 4.79 Å². The third kappa shape index (κ3) is 1.81. The van der Waals surface area contributed by atoms with Crippen LogP contribution >= 0.6 is 0 Å². The number of rotatable bonds is 3. The van der Waals surface area contributed by atoms with Crippen molar-refractivity contribution in [2.45, 2.75) is 26.3 Å². The molecule has 1 aromatic rings. The fraction of sp³-hybridized carbons (Fsp3) is 0.545. The molecule has 0 amide bonds. The zero-order valence-electron chi connectivity index (χ0n) is 8.44. The molecular weight excluding hydrogens is 176 g/mol. The van der Waals surface area contributed by atoms with Crippen LogP contribution in [-0.2, 0) is 6.54 Å². The van der Waals surface area contributed by atoms with Crippen LogP contribution in [0.2, 0.25) is 0 Å². The average Bonchev–Trinajstić information content (AvgIpc) is 2.95. The maximum Gasteiger partial charge on any atom is 0.273 e. The maximum absolute atomic E-state index is 11.6. The summed E-state index contributed by atoms with van der Waals surface area (Å²) in [5, 5.41) is 0. The number of hydrogen-bond acceptors (Lipinski definition) is 2. The van der Waals surface area contributed by atoms with Gasteiger partial charge in [-0.05, 0) is 36.8 Å². The monoisotopic (exact) mass is 192 g/mol. The van der Waals surface area contributed by atoms with E-state index in [0.717, 1.165) is 12.5 Å². The Morgan fingerprint density at radius 1 is 1.64 bits per heavy atom. The van der Waals surface area contributed by atoms with E-state index in [1.807, 2.05) is 12.3 Å².